The summed E-state index contributed by atoms with van der Waals surface area (Å²) in [7, 11) is 0. The number of aliphatic carboxylic acids is 1. The predicted octanol–water partition coefficient (Wildman–Crippen LogP) is 1.25. The Hall–Kier alpha value is -2.15. The zero-order valence-corrected chi connectivity index (χ0v) is 22.1. The van der Waals surface area contributed by atoms with Gasteiger partial charge >= 0.3 is 11.9 Å². The number of allylic oxidation sites excluding steroid dienone is 1. The summed E-state index contributed by atoms with van der Waals surface area (Å²) < 4.78 is 11.4. The second kappa shape index (κ2) is 14.0. The molecule has 11 nitrogen and oxygen atoms in total. The lowest BCUT2D eigenvalue weighted by atomic mass is 9.95. The molecule has 0 aromatic carbocycles. The Morgan fingerprint density at radius 3 is 2.61 bits per heavy atom. The summed E-state index contributed by atoms with van der Waals surface area (Å²) in [4.78, 5) is 50.0. The van der Waals surface area contributed by atoms with Crippen LogP contribution in [-0.4, -0.2) is 75.8 Å². The number of nitrogens with one attached hydrogen (secondary N) is 3. The van der Waals surface area contributed by atoms with Crippen molar-refractivity contribution in [1.29, 1.82) is 0 Å². The molecule has 2 bridgehead atoms. The van der Waals surface area contributed by atoms with Gasteiger partial charge in [0.15, 0.2) is 5.72 Å². The minimum atomic E-state index is -1.26. The number of carboxylic acids is 1. The van der Waals surface area contributed by atoms with Gasteiger partial charge in [-0.15, -0.1) is 0 Å². The van der Waals surface area contributed by atoms with Crippen molar-refractivity contribution in [2.45, 2.75) is 102 Å². The molecule has 2 aliphatic rings. The van der Waals surface area contributed by atoms with E-state index in [4.69, 9.17) is 8.92 Å². The Bertz CT molecular complexity index is 823. The maximum absolute atomic E-state index is 13.1. The zero-order chi connectivity index (χ0) is 26.9. The van der Waals surface area contributed by atoms with E-state index in [1.807, 2.05) is 26.8 Å². The van der Waals surface area contributed by atoms with E-state index < -0.39 is 59.8 Å². The van der Waals surface area contributed by atoms with Gasteiger partial charge < -0.3 is 25.6 Å². The van der Waals surface area contributed by atoms with Gasteiger partial charge in [0, 0.05) is 12.2 Å². The smallest absolute Gasteiger partial charge is 0.309 e. The number of carbonyl (C=O) groups is 4. The number of rotatable bonds is 7. The lowest BCUT2D eigenvalue weighted by Gasteiger charge is -2.43. The highest BCUT2D eigenvalue weighted by Crippen LogP contribution is 2.29. The summed E-state index contributed by atoms with van der Waals surface area (Å²) in [6.07, 6.45) is 2.27. The summed E-state index contributed by atoms with van der Waals surface area (Å²) in [5, 5.41) is 28.8. The summed E-state index contributed by atoms with van der Waals surface area (Å²) >= 11 is 1.04. The molecule has 2 fully saturated rings. The first-order valence-electron chi connectivity index (χ1n) is 12.4. The van der Waals surface area contributed by atoms with E-state index >= 15 is 0 Å². The van der Waals surface area contributed by atoms with Crippen molar-refractivity contribution in [2.75, 3.05) is 5.75 Å². The number of cyclic esters (lactones) is 1. The summed E-state index contributed by atoms with van der Waals surface area (Å²) in [6, 6.07) is -2.25. The molecule has 2 heterocycles. The number of hydrogen-bond donors (Lipinski definition) is 5. The Kier molecular flexibility index (Phi) is 11.7. The first kappa shape index (κ1) is 30.1. The van der Waals surface area contributed by atoms with Gasteiger partial charge in [0.2, 0.25) is 11.8 Å². The number of ether oxygens (including phenoxy) is 1. The fraction of sp³-hybridized carbons (Fsp3) is 0.750. The van der Waals surface area contributed by atoms with Crippen LogP contribution in [0.1, 0.15) is 66.2 Å². The van der Waals surface area contributed by atoms with Crippen LogP contribution in [0.5, 0.6) is 0 Å². The van der Waals surface area contributed by atoms with Gasteiger partial charge in [-0.25, -0.2) is 0 Å². The molecule has 2 rings (SSSR count). The van der Waals surface area contributed by atoms with Crippen LogP contribution in [0.3, 0.4) is 0 Å². The largest absolute Gasteiger partial charge is 0.481 e. The molecule has 2 saturated heterocycles. The topological polar surface area (TPSA) is 163 Å². The predicted molar refractivity (Wildman–Crippen MR) is 134 cm³/mol. The normalized spacial score (nSPS) is 32.8. The van der Waals surface area contributed by atoms with E-state index in [-0.39, 0.29) is 37.4 Å². The van der Waals surface area contributed by atoms with E-state index in [2.05, 4.69) is 16.0 Å². The van der Waals surface area contributed by atoms with E-state index in [9.17, 15) is 29.4 Å². The quantitative estimate of drug-likeness (QED) is 0.184. The van der Waals surface area contributed by atoms with Crippen molar-refractivity contribution in [3.8, 4) is 0 Å². The third-order valence-corrected chi connectivity index (χ3v) is 7.12. The number of amides is 2. The molecule has 12 heteroatoms. The SMILES string of the molecule is CCC/C=C/[C@@H]1CC(=O)N[C@H](CCC(=O)O)C2(C)N[C@H](CSO2)C(=O)N[C@H](C(C)C)[C@@H](O)CC(=O)O1. The molecule has 0 aromatic heterocycles. The van der Waals surface area contributed by atoms with Crippen LogP contribution >= 0.6 is 12.0 Å². The highest BCUT2D eigenvalue weighted by Gasteiger charge is 2.44. The third kappa shape index (κ3) is 9.06. The minimum absolute atomic E-state index is 0.0446. The van der Waals surface area contributed by atoms with E-state index in [1.54, 1.807) is 13.0 Å². The number of unbranched alkanes of at least 4 members (excludes halogenated alkanes) is 1. The number of carbonyl (C=O) groups excluding carboxylic acids is 3. The maximum atomic E-state index is 13.1. The molecule has 0 aromatic rings. The van der Waals surface area contributed by atoms with Crippen LogP contribution in [0.25, 0.3) is 0 Å². The van der Waals surface area contributed by atoms with Gasteiger partial charge in [-0.1, -0.05) is 33.3 Å². The van der Waals surface area contributed by atoms with Gasteiger partial charge in [0.25, 0.3) is 0 Å². The average molecular weight is 530 g/mol. The molecule has 1 unspecified atom stereocenters. The molecular weight excluding hydrogens is 490 g/mol. The average Bonchev–Trinajstić information content (AvgIpc) is 2.78. The molecular formula is C24H39N3O8S. The molecule has 2 amide bonds. The highest BCUT2D eigenvalue weighted by atomic mass is 32.2. The summed E-state index contributed by atoms with van der Waals surface area (Å²) in [5.74, 6) is -2.53. The summed E-state index contributed by atoms with van der Waals surface area (Å²) in [5.41, 5.74) is -1.26. The molecule has 5 N–H and O–H groups in total. The number of aliphatic hydroxyl groups excluding tert-OH is 1. The second-order valence-corrected chi connectivity index (χ2v) is 10.5. The Morgan fingerprint density at radius 1 is 1.25 bits per heavy atom. The van der Waals surface area contributed by atoms with Crippen LogP contribution in [0.2, 0.25) is 0 Å². The molecule has 2 aliphatic heterocycles. The molecule has 204 valence electrons. The standard InChI is InChI=1S/C24H39N3O8S/c1-5-6-7-8-15-11-19(29)25-18(9-10-20(30)31)24(4)27-16(13-36-35-24)23(33)26-22(14(2)3)17(28)12-21(32)34-15/h7-8,14-18,22,27-28H,5-6,9-13H2,1-4H3,(H,25,29)(H,26,33)(H,30,31)/b8-7+/t15-,16-,17+,18-,22-,24?/m1/s1. The first-order valence-corrected chi connectivity index (χ1v) is 13.3. The molecule has 36 heavy (non-hydrogen) atoms. The van der Waals surface area contributed by atoms with Crippen molar-refractivity contribution < 1.29 is 38.3 Å². The van der Waals surface area contributed by atoms with E-state index in [0.717, 1.165) is 24.9 Å². The Labute approximate surface area is 216 Å². The monoisotopic (exact) mass is 529 g/mol. The van der Waals surface area contributed by atoms with Gasteiger partial charge in [-0.05, 0) is 43.8 Å². The fourth-order valence-electron chi connectivity index (χ4n) is 4.18. The van der Waals surface area contributed by atoms with E-state index in [0.29, 0.717) is 0 Å². The Balaban J connectivity index is 2.41. The first-order chi connectivity index (χ1) is 16.9. The van der Waals surface area contributed by atoms with Crippen LogP contribution in [0.15, 0.2) is 12.2 Å². The third-order valence-electron chi connectivity index (χ3n) is 6.18. The lowest BCUT2D eigenvalue weighted by molar-refractivity contribution is -0.151. The zero-order valence-electron chi connectivity index (χ0n) is 21.3. The maximum Gasteiger partial charge on any atom is 0.309 e. The van der Waals surface area contributed by atoms with Crippen molar-refractivity contribution in [3.05, 3.63) is 12.2 Å². The molecule has 0 aliphatic carbocycles. The number of aliphatic hydroxyl groups is 1. The van der Waals surface area contributed by atoms with Gasteiger partial charge in [-0.3, -0.25) is 28.7 Å². The van der Waals surface area contributed by atoms with Crippen molar-refractivity contribution in [1.82, 2.24) is 16.0 Å². The molecule has 0 saturated carbocycles. The lowest BCUT2D eigenvalue weighted by Crippen LogP contribution is -2.68. The molecule has 0 radical (unpaired) electrons. The van der Waals surface area contributed by atoms with Crippen LogP contribution in [0.4, 0.5) is 0 Å². The fourth-order valence-corrected chi connectivity index (χ4v) is 5.02. The van der Waals surface area contributed by atoms with Crippen molar-refractivity contribution in [2.24, 2.45) is 5.92 Å². The van der Waals surface area contributed by atoms with Crippen LogP contribution in [-0.2, 0) is 28.1 Å². The van der Waals surface area contributed by atoms with Crippen LogP contribution < -0.4 is 16.0 Å². The number of carboxylic acid groups (broad SMARTS) is 1. The highest BCUT2D eigenvalue weighted by molar-refractivity contribution is 7.94. The van der Waals surface area contributed by atoms with Gasteiger partial charge in [-0.2, -0.15) is 0 Å². The van der Waals surface area contributed by atoms with E-state index in [1.165, 1.54) is 0 Å². The number of hydrogen-bond acceptors (Lipinski definition) is 9. The second-order valence-electron chi connectivity index (χ2n) is 9.72. The minimum Gasteiger partial charge on any atom is -0.481 e. The van der Waals surface area contributed by atoms with Crippen molar-refractivity contribution in [3.63, 3.8) is 0 Å². The van der Waals surface area contributed by atoms with Crippen LogP contribution in [0, 0.1) is 5.92 Å². The number of fused-ring (bicyclic) bond motifs is 2. The summed E-state index contributed by atoms with van der Waals surface area (Å²) in [6.45, 7) is 7.29. The van der Waals surface area contributed by atoms with Gasteiger partial charge in [0.05, 0.1) is 31.0 Å². The molecule has 6 atom stereocenters. The van der Waals surface area contributed by atoms with Crippen molar-refractivity contribution >= 4 is 35.8 Å². The van der Waals surface area contributed by atoms with Gasteiger partial charge in [0.1, 0.15) is 12.1 Å². The Morgan fingerprint density at radius 2 is 1.97 bits per heavy atom. The molecule has 0 spiro atoms. The number of esters is 1.